The molecule has 0 radical (unpaired) electrons. The normalized spacial score (nSPS) is 15.3. The Kier molecular flexibility index (Phi) is 6.53. The fraction of sp³-hybridized carbons (Fsp3) is 0.381. The summed E-state index contributed by atoms with van der Waals surface area (Å²) >= 11 is 1.39. The minimum absolute atomic E-state index is 0.255. The van der Waals surface area contributed by atoms with Gasteiger partial charge in [0, 0.05) is 10.6 Å². The lowest BCUT2D eigenvalue weighted by Crippen LogP contribution is -2.22. The van der Waals surface area contributed by atoms with Crippen LogP contribution in [0.1, 0.15) is 51.4 Å². The van der Waals surface area contributed by atoms with Crippen molar-refractivity contribution in [3.05, 3.63) is 45.8 Å². The van der Waals surface area contributed by atoms with E-state index in [-0.39, 0.29) is 12.2 Å². The van der Waals surface area contributed by atoms with E-state index in [0.717, 1.165) is 29.7 Å². The average molecular weight is 416 g/mol. The largest absolute Gasteiger partial charge is 0.462 e. The second-order valence-electron chi connectivity index (χ2n) is 7.03. The summed E-state index contributed by atoms with van der Waals surface area (Å²) < 4.78 is 10.3. The third kappa shape index (κ3) is 4.95. The zero-order chi connectivity index (χ0) is 21.0. The van der Waals surface area contributed by atoms with E-state index in [1.165, 1.54) is 17.4 Å². The first-order chi connectivity index (χ1) is 13.9. The Balaban J connectivity index is 1.71. The monoisotopic (exact) mass is 416 g/mol. The van der Waals surface area contributed by atoms with Crippen LogP contribution in [0, 0.1) is 5.92 Å². The van der Waals surface area contributed by atoms with Crippen LogP contribution in [0.25, 0.3) is 0 Å². The summed E-state index contributed by atoms with van der Waals surface area (Å²) in [6.07, 6.45) is 2.63. The van der Waals surface area contributed by atoms with E-state index in [4.69, 9.17) is 15.2 Å². The lowest BCUT2D eigenvalue weighted by atomic mass is 9.88. The van der Waals surface area contributed by atoms with Crippen LogP contribution < -0.4 is 11.1 Å². The molecule has 0 fully saturated rings. The second-order valence-corrected chi connectivity index (χ2v) is 8.13. The van der Waals surface area contributed by atoms with Gasteiger partial charge >= 0.3 is 11.9 Å². The van der Waals surface area contributed by atoms with Crippen molar-refractivity contribution in [1.29, 1.82) is 0 Å². The van der Waals surface area contributed by atoms with Crippen molar-refractivity contribution in [2.75, 3.05) is 24.3 Å². The van der Waals surface area contributed by atoms with Crippen molar-refractivity contribution >= 4 is 39.9 Å². The minimum atomic E-state index is -0.641. The topological polar surface area (TPSA) is 108 Å². The molecule has 1 atom stereocenters. The number of rotatable bonds is 6. The number of thiophene rings is 1. The second kappa shape index (κ2) is 9.09. The van der Waals surface area contributed by atoms with Gasteiger partial charge in [-0.05, 0) is 55.9 Å². The third-order valence-corrected chi connectivity index (χ3v) is 5.87. The van der Waals surface area contributed by atoms with E-state index >= 15 is 0 Å². The highest BCUT2D eigenvalue weighted by atomic mass is 32.1. The average Bonchev–Trinajstić information content (AvgIpc) is 3.03. The lowest BCUT2D eigenvalue weighted by molar-refractivity contribution is -0.119. The first-order valence-corrected chi connectivity index (χ1v) is 10.3. The molecule has 7 nitrogen and oxygen atoms in total. The summed E-state index contributed by atoms with van der Waals surface area (Å²) in [5, 5.41) is 3.17. The molecular formula is C21H24N2O5S. The van der Waals surface area contributed by atoms with E-state index in [1.807, 2.05) is 0 Å². The number of nitrogens with one attached hydrogen (secondary N) is 1. The number of fused-ring (bicyclic) bond motifs is 1. The first kappa shape index (κ1) is 20.9. The summed E-state index contributed by atoms with van der Waals surface area (Å²) in [5.41, 5.74) is 7.74. The number of nitrogens with two attached hydrogens (primary N) is 1. The molecular weight excluding hydrogens is 392 g/mol. The van der Waals surface area contributed by atoms with Crippen LogP contribution in [0.2, 0.25) is 0 Å². The van der Waals surface area contributed by atoms with Gasteiger partial charge in [0.25, 0.3) is 5.91 Å². The van der Waals surface area contributed by atoms with Gasteiger partial charge in [-0.1, -0.05) is 13.0 Å². The van der Waals surface area contributed by atoms with Crippen LogP contribution >= 0.6 is 11.3 Å². The molecule has 0 aliphatic heterocycles. The standard InChI is InChI=1S/C21H24N2O5S/c1-3-27-21(26)18-15-8-7-12(2)9-16(15)29-19(18)23-17(24)11-28-20(25)13-5-4-6-14(22)10-13/h4-6,10,12H,3,7-9,11,22H2,1-2H3,(H,23,24). The Hall–Kier alpha value is -2.87. The fourth-order valence-electron chi connectivity index (χ4n) is 3.30. The third-order valence-electron chi connectivity index (χ3n) is 4.70. The van der Waals surface area contributed by atoms with Crippen molar-refractivity contribution in [1.82, 2.24) is 0 Å². The van der Waals surface area contributed by atoms with Crippen LogP contribution in [0.4, 0.5) is 10.7 Å². The van der Waals surface area contributed by atoms with Gasteiger partial charge in [-0.15, -0.1) is 11.3 Å². The summed E-state index contributed by atoms with van der Waals surface area (Å²) in [5.74, 6) is -1.07. The molecule has 1 amide bonds. The molecule has 1 aromatic carbocycles. The summed E-state index contributed by atoms with van der Waals surface area (Å²) in [7, 11) is 0. The number of anilines is 2. The highest BCUT2D eigenvalue weighted by molar-refractivity contribution is 7.17. The van der Waals surface area contributed by atoms with E-state index in [1.54, 1.807) is 25.1 Å². The molecule has 0 bridgehead atoms. The maximum atomic E-state index is 12.5. The number of carbonyl (C=O) groups is 3. The number of hydrogen-bond acceptors (Lipinski definition) is 7. The van der Waals surface area contributed by atoms with Crippen molar-refractivity contribution < 1.29 is 23.9 Å². The van der Waals surface area contributed by atoms with Crippen LogP contribution in [0.3, 0.4) is 0 Å². The van der Waals surface area contributed by atoms with E-state index < -0.39 is 24.5 Å². The van der Waals surface area contributed by atoms with E-state index in [2.05, 4.69) is 12.2 Å². The molecule has 8 heteroatoms. The fourth-order valence-corrected chi connectivity index (χ4v) is 4.72. The van der Waals surface area contributed by atoms with Crippen molar-refractivity contribution in [2.24, 2.45) is 5.92 Å². The summed E-state index contributed by atoms with van der Waals surface area (Å²) in [6, 6.07) is 6.33. The van der Waals surface area contributed by atoms with Gasteiger partial charge in [-0.2, -0.15) is 0 Å². The Bertz CT molecular complexity index is 937. The minimum Gasteiger partial charge on any atom is -0.462 e. The van der Waals surface area contributed by atoms with Gasteiger partial charge in [0.15, 0.2) is 6.61 Å². The Morgan fingerprint density at radius 1 is 1.24 bits per heavy atom. The number of nitrogen functional groups attached to an aromatic ring is 1. The van der Waals surface area contributed by atoms with Gasteiger partial charge in [0.05, 0.1) is 17.7 Å². The van der Waals surface area contributed by atoms with Crippen LogP contribution in [0.5, 0.6) is 0 Å². The van der Waals surface area contributed by atoms with Crippen LogP contribution in [-0.4, -0.2) is 31.1 Å². The zero-order valence-electron chi connectivity index (χ0n) is 16.4. The van der Waals surface area contributed by atoms with Gasteiger partial charge in [-0.25, -0.2) is 9.59 Å². The maximum absolute atomic E-state index is 12.5. The highest BCUT2D eigenvalue weighted by Gasteiger charge is 2.29. The van der Waals surface area contributed by atoms with Crippen molar-refractivity contribution in [3.63, 3.8) is 0 Å². The smallest absolute Gasteiger partial charge is 0.341 e. The van der Waals surface area contributed by atoms with Gasteiger partial charge < -0.3 is 20.5 Å². The van der Waals surface area contributed by atoms with Gasteiger partial charge in [0.1, 0.15) is 5.00 Å². The number of ether oxygens (including phenoxy) is 2. The summed E-state index contributed by atoms with van der Waals surface area (Å²) in [4.78, 5) is 38.0. The van der Waals surface area contributed by atoms with Gasteiger partial charge in [-0.3, -0.25) is 4.79 Å². The van der Waals surface area contributed by atoms with Crippen molar-refractivity contribution in [3.8, 4) is 0 Å². The summed E-state index contributed by atoms with van der Waals surface area (Å²) in [6.45, 7) is 3.70. The molecule has 0 saturated heterocycles. The number of carbonyl (C=O) groups excluding carboxylic acids is 3. The molecule has 1 unspecified atom stereocenters. The van der Waals surface area contributed by atoms with E-state index in [9.17, 15) is 14.4 Å². The molecule has 2 aromatic rings. The first-order valence-electron chi connectivity index (χ1n) is 9.53. The number of esters is 2. The lowest BCUT2D eigenvalue weighted by Gasteiger charge is -2.18. The molecule has 3 N–H and O–H groups in total. The van der Waals surface area contributed by atoms with Crippen LogP contribution in [-0.2, 0) is 27.1 Å². The van der Waals surface area contributed by atoms with E-state index in [0.29, 0.717) is 22.2 Å². The van der Waals surface area contributed by atoms with Crippen LogP contribution in [0.15, 0.2) is 24.3 Å². The SMILES string of the molecule is CCOC(=O)c1c(NC(=O)COC(=O)c2cccc(N)c2)sc2c1CCC(C)C2. The molecule has 3 rings (SSSR count). The number of benzene rings is 1. The maximum Gasteiger partial charge on any atom is 0.341 e. The molecule has 0 spiro atoms. The molecule has 29 heavy (non-hydrogen) atoms. The number of amides is 1. The molecule has 0 saturated carbocycles. The highest BCUT2D eigenvalue weighted by Crippen LogP contribution is 2.40. The predicted molar refractivity (Wildman–Crippen MR) is 111 cm³/mol. The van der Waals surface area contributed by atoms with Gasteiger partial charge in [0.2, 0.25) is 0 Å². The molecule has 1 aromatic heterocycles. The Morgan fingerprint density at radius 2 is 2.03 bits per heavy atom. The Morgan fingerprint density at radius 3 is 2.76 bits per heavy atom. The molecule has 1 aliphatic carbocycles. The molecule has 154 valence electrons. The zero-order valence-corrected chi connectivity index (χ0v) is 17.3. The molecule has 1 heterocycles. The Labute approximate surface area is 173 Å². The number of hydrogen-bond donors (Lipinski definition) is 2. The predicted octanol–water partition coefficient (Wildman–Crippen LogP) is 3.43. The molecule has 1 aliphatic rings. The van der Waals surface area contributed by atoms with Crippen molar-refractivity contribution in [2.45, 2.75) is 33.1 Å². The quantitative estimate of drug-likeness (QED) is 0.552.